The molecule has 1 N–H and O–H groups in total. The van der Waals surface area contributed by atoms with Crippen molar-refractivity contribution < 1.29 is 4.79 Å². The minimum Gasteiger partial charge on any atom is -0.351 e. The standard InChI is InChI=1S/C22H25ClN4OS2.ClH/c1-2-29-17-8-6-16(7-9-17)21(28)24-10-11-26-12-14-27(15-13-26)22-25-20-18(23)4-3-5-19(20)30-22;/h3-9H,2,10-15H2,1H3,(H,24,28);1H. The lowest BCUT2D eigenvalue weighted by Gasteiger charge is -2.34. The van der Waals surface area contributed by atoms with Gasteiger partial charge in [0.05, 0.1) is 9.72 Å². The third kappa shape index (κ3) is 6.05. The number of hydrogen-bond acceptors (Lipinski definition) is 6. The van der Waals surface area contributed by atoms with E-state index in [-0.39, 0.29) is 18.3 Å². The molecular formula is C22H26Cl2N4OS2. The predicted octanol–water partition coefficient (Wildman–Crippen LogP) is 5.04. The molecule has 5 nitrogen and oxygen atoms in total. The lowest BCUT2D eigenvalue weighted by molar-refractivity contribution is 0.0947. The number of anilines is 1. The zero-order chi connectivity index (χ0) is 20.9. The fourth-order valence-corrected chi connectivity index (χ4v) is 5.48. The van der Waals surface area contributed by atoms with Crippen LogP contribution in [0.25, 0.3) is 10.2 Å². The molecule has 9 heteroatoms. The average molecular weight is 498 g/mol. The van der Waals surface area contributed by atoms with Gasteiger partial charge in [0.15, 0.2) is 5.13 Å². The first-order valence-corrected chi connectivity index (χ1v) is 12.4. The molecule has 1 aliphatic heterocycles. The quantitative estimate of drug-likeness (QED) is 0.464. The fourth-order valence-electron chi connectivity index (χ4n) is 3.50. The summed E-state index contributed by atoms with van der Waals surface area (Å²) in [6, 6.07) is 13.7. The lowest BCUT2D eigenvalue weighted by atomic mass is 10.2. The maximum atomic E-state index is 12.3. The predicted molar refractivity (Wildman–Crippen MR) is 136 cm³/mol. The van der Waals surface area contributed by atoms with E-state index in [2.05, 4.69) is 28.1 Å². The molecule has 1 aromatic heterocycles. The first kappa shape index (κ1) is 24.1. The second-order valence-corrected chi connectivity index (χ2v) is 9.88. The molecule has 0 unspecified atom stereocenters. The Morgan fingerprint density at radius 1 is 1.16 bits per heavy atom. The molecule has 166 valence electrons. The van der Waals surface area contributed by atoms with Gasteiger partial charge in [-0.2, -0.15) is 0 Å². The van der Waals surface area contributed by atoms with Crippen LogP contribution in [0.15, 0.2) is 47.4 Å². The number of amides is 1. The van der Waals surface area contributed by atoms with E-state index in [1.165, 1.54) is 4.90 Å². The molecule has 1 amide bonds. The number of hydrogen-bond donors (Lipinski definition) is 1. The van der Waals surface area contributed by atoms with Gasteiger partial charge in [-0.1, -0.05) is 35.9 Å². The monoisotopic (exact) mass is 496 g/mol. The number of nitrogens with one attached hydrogen (secondary N) is 1. The Bertz CT molecular complexity index is 1000. The van der Waals surface area contributed by atoms with Gasteiger partial charge in [-0.15, -0.1) is 24.2 Å². The third-order valence-electron chi connectivity index (χ3n) is 5.14. The lowest BCUT2D eigenvalue weighted by Crippen LogP contribution is -2.48. The van der Waals surface area contributed by atoms with Crippen LogP contribution in [-0.2, 0) is 0 Å². The molecule has 31 heavy (non-hydrogen) atoms. The minimum absolute atomic E-state index is 0. The van der Waals surface area contributed by atoms with Crippen molar-refractivity contribution in [2.75, 3.05) is 49.9 Å². The van der Waals surface area contributed by atoms with Crippen LogP contribution in [0.3, 0.4) is 0 Å². The number of piperazine rings is 1. The number of carbonyl (C=O) groups excluding carboxylic acids is 1. The second kappa shape index (κ2) is 11.4. The summed E-state index contributed by atoms with van der Waals surface area (Å²) in [5, 5.41) is 4.79. The highest BCUT2D eigenvalue weighted by molar-refractivity contribution is 7.99. The summed E-state index contributed by atoms with van der Waals surface area (Å²) in [5.74, 6) is 1.03. The van der Waals surface area contributed by atoms with E-state index in [4.69, 9.17) is 16.6 Å². The normalized spacial score (nSPS) is 14.5. The highest BCUT2D eigenvalue weighted by Crippen LogP contribution is 2.33. The minimum atomic E-state index is -0.00645. The van der Waals surface area contributed by atoms with Crippen molar-refractivity contribution in [3.63, 3.8) is 0 Å². The third-order valence-corrected chi connectivity index (χ3v) is 7.42. The van der Waals surface area contributed by atoms with Gasteiger partial charge in [0.1, 0.15) is 5.52 Å². The van der Waals surface area contributed by atoms with Crippen molar-refractivity contribution in [2.45, 2.75) is 11.8 Å². The smallest absolute Gasteiger partial charge is 0.251 e. The summed E-state index contributed by atoms with van der Waals surface area (Å²) in [4.78, 5) is 23.0. The molecular weight excluding hydrogens is 471 g/mol. The molecule has 0 radical (unpaired) electrons. The Kier molecular flexibility index (Phi) is 8.86. The number of fused-ring (bicyclic) bond motifs is 1. The summed E-state index contributed by atoms with van der Waals surface area (Å²) < 4.78 is 1.13. The number of benzene rings is 2. The molecule has 1 aliphatic rings. The molecule has 2 aromatic carbocycles. The largest absolute Gasteiger partial charge is 0.351 e. The van der Waals surface area contributed by atoms with Gasteiger partial charge in [-0.3, -0.25) is 9.69 Å². The van der Waals surface area contributed by atoms with Crippen LogP contribution in [0, 0.1) is 0 Å². The van der Waals surface area contributed by atoms with Gasteiger partial charge < -0.3 is 10.2 Å². The highest BCUT2D eigenvalue weighted by atomic mass is 35.5. The fraction of sp³-hybridized carbons (Fsp3) is 0.364. The van der Waals surface area contributed by atoms with Crippen LogP contribution in [0.5, 0.6) is 0 Å². The van der Waals surface area contributed by atoms with E-state index in [1.54, 1.807) is 23.1 Å². The molecule has 2 heterocycles. The number of nitrogens with zero attached hydrogens (tertiary/aromatic N) is 3. The first-order valence-electron chi connectivity index (χ1n) is 10.2. The summed E-state index contributed by atoms with van der Waals surface area (Å²) in [7, 11) is 0. The van der Waals surface area contributed by atoms with Gasteiger partial charge in [-0.05, 0) is 42.2 Å². The van der Waals surface area contributed by atoms with Crippen molar-refractivity contribution in [3.05, 3.63) is 53.1 Å². The van der Waals surface area contributed by atoms with Crippen LogP contribution < -0.4 is 10.2 Å². The summed E-state index contributed by atoms with van der Waals surface area (Å²) in [6.07, 6.45) is 0. The van der Waals surface area contributed by atoms with Crippen LogP contribution in [-0.4, -0.2) is 60.8 Å². The molecule has 0 bridgehead atoms. The van der Waals surface area contributed by atoms with Crippen LogP contribution >= 0.6 is 47.1 Å². The first-order chi connectivity index (χ1) is 14.6. The number of aromatic nitrogens is 1. The summed E-state index contributed by atoms with van der Waals surface area (Å²) in [6.45, 7) is 7.42. The molecule has 0 atom stereocenters. The number of para-hydroxylation sites is 1. The van der Waals surface area contributed by atoms with Crippen molar-refractivity contribution in [1.29, 1.82) is 0 Å². The van der Waals surface area contributed by atoms with Crippen LogP contribution in [0.1, 0.15) is 17.3 Å². The Labute approximate surface area is 202 Å². The van der Waals surface area contributed by atoms with Crippen molar-refractivity contribution in [1.82, 2.24) is 15.2 Å². The Hall–Kier alpha value is -1.51. The van der Waals surface area contributed by atoms with Crippen molar-refractivity contribution >= 4 is 68.4 Å². The zero-order valence-electron chi connectivity index (χ0n) is 17.3. The van der Waals surface area contributed by atoms with E-state index >= 15 is 0 Å². The Balaban J connectivity index is 0.00000272. The van der Waals surface area contributed by atoms with Gasteiger partial charge >= 0.3 is 0 Å². The van der Waals surface area contributed by atoms with Crippen LogP contribution in [0.2, 0.25) is 5.02 Å². The second-order valence-electron chi connectivity index (χ2n) is 7.12. The van der Waals surface area contributed by atoms with Crippen LogP contribution in [0.4, 0.5) is 5.13 Å². The molecule has 0 aliphatic carbocycles. The topological polar surface area (TPSA) is 48.5 Å². The Morgan fingerprint density at radius 2 is 1.90 bits per heavy atom. The van der Waals surface area contributed by atoms with E-state index < -0.39 is 0 Å². The van der Waals surface area contributed by atoms with E-state index in [0.717, 1.165) is 59.4 Å². The number of halogens is 2. The van der Waals surface area contributed by atoms with E-state index in [9.17, 15) is 4.79 Å². The molecule has 1 fully saturated rings. The molecule has 0 spiro atoms. The average Bonchev–Trinajstić information content (AvgIpc) is 3.21. The summed E-state index contributed by atoms with van der Waals surface area (Å²) in [5.41, 5.74) is 1.61. The molecule has 1 saturated heterocycles. The molecule has 4 rings (SSSR count). The van der Waals surface area contributed by atoms with Gasteiger partial charge in [0, 0.05) is 49.7 Å². The van der Waals surface area contributed by atoms with Gasteiger partial charge in [-0.25, -0.2) is 4.98 Å². The van der Waals surface area contributed by atoms with Gasteiger partial charge in [0.2, 0.25) is 0 Å². The molecule has 0 saturated carbocycles. The molecule has 3 aromatic rings. The van der Waals surface area contributed by atoms with E-state index in [0.29, 0.717) is 11.6 Å². The highest BCUT2D eigenvalue weighted by Gasteiger charge is 2.20. The number of carbonyl (C=O) groups is 1. The zero-order valence-corrected chi connectivity index (χ0v) is 20.5. The van der Waals surface area contributed by atoms with Crippen molar-refractivity contribution in [3.8, 4) is 0 Å². The maximum absolute atomic E-state index is 12.3. The maximum Gasteiger partial charge on any atom is 0.251 e. The van der Waals surface area contributed by atoms with Crippen molar-refractivity contribution in [2.24, 2.45) is 0 Å². The van der Waals surface area contributed by atoms with Gasteiger partial charge in [0.25, 0.3) is 5.91 Å². The Morgan fingerprint density at radius 3 is 2.58 bits per heavy atom. The number of rotatable bonds is 7. The van der Waals surface area contributed by atoms with E-state index in [1.807, 2.05) is 36.4 Å². The number of thiazole rings is 1. The summed E-state index contributed by atoms with van der Waals surface area (Å²) >= 11 is 9.74. The number of thioether (sulfide) groups is 1. The SMILES string of the molecule is CCSc1ccc(C(=O)NCCN2CCN(c3nc4c(Cl)cccc4s3)CC2)cc1.Cl.